The first-order valence-electron chi connectivity index (χ1n) is 15.2. The molecule has 0 radical (unpaired) electrons. The van der Waals surface area contributed by atoms with E-state index in [4.69, 9.17) is 26.1 Å². The molecule has 5 rings (SSSR count). The lowest BCUT2D eigenvalue weighted by atomic mass is 9.89. The molecule has 0 saturated heterocycles. The Morgan fingerprint density at radius 1 is 1.09 bits per heavy atom. The van der Waals surface area contributed by atoms with Crippen LogP contribution in [0.3, 0.4) is 0 Å². The summed E-state index contributed by atoms with van der Waals surface area (Å²) in [6.07, 6.45) is 7.80. The van der Waals surface area contributed by atoms with Gasteiger partial charge in [-0.2, -0.15) is 11.8 Å². The number of benzene rings is 3. The first kappa shape index (κ1) is 33.2. The average Bonchev–Trinajstić information content (AvgIpc) is 3.78. The molecule has 0 aliphatic heterocycles. The van der Waals surface area contributed by atoms with Gasteiger partial charge in [-0.3, -0.25) is 4.79 Å². The molecule has 0 spiro atoms. The third kappa shape index (κ3) is 9.18. The van der Waals surface area contributed by atoms with Crippen LogP contribution < -0.4 is 0 Å². The number of fused-ring (bicyclic) bond motifs is 1. The molecule has 3 aromatic carbocycles. The number of thioether (sulfide) groups is 1. The normalized spacial score (nSPS) is 16.1. The third-order valence-electron chi connectivity index (χ3n) is 8.34. The molecule has 1 aliphatic carbocycles. The number of aliphatic carboxylic acids is 1. The SMILES string of the molecule is COCOC[C@@](C)(O)c1ccccc1CC[C@@H](SCC1(CC(=O)O)CC1)c1cccc(/C=C/c2ccc3ccc(Cl)cc3n2)c1. The highest BCUT2D eigenvalue weighted by molar-refractivity contribution is 7.99. The van der Waals surface area contributed by atoms with Gasteiger partial charge in [0.15, 0.2) is 0 Å². The van der Waals surface area contributed by atoms with Gasteiger partial charge in [-0.15, -0.1) is 0 Å². The highest BCUT2D eigenvalue weighted by Gasteiger charge is 2.44. The molecule has 1 saturated carbocycles. The van der Waals surface area contributed by atoms with E-state index in [0.717, 1.165) is 64.7 Å². The van der Waals surface area contributed by atoms with Gasteiger partial charge >= 0.3 is 5.97 Å². The fourth-order valence-electron chi connectivity index (χ4n) is 5.69. The molecule has 1 fully saturated rings. The molecule has 45 heavy (non-hydrogen) atoms. The van der Waals surface area contributed by atoms with Gasteiger partial charge in [-0.25, -0.2) is 4.98 Å². The number of aliphatic hydroxyl groups is 1. The van der Waals surface area contributed by atoms with Gasteiger partial charge < -0.3 is 19.7 Å². The molecule has 1 aliphatic rings. The summed E-state index contributed by atoms with van der Waals surface area (Å²) in [4.78, 5) is 16.3. The van der Waals surface area contributed by atoms with Crippen molar-refractivity contribution in [2.24, 2.45) is 5.41 Å². The number of rotatable bonds is 16. The first-order valence-corrected chi connectivity index (χ1v) is 16.6. The van der Waals surface area contributed by atoms with Crippen LogP contribution in [-0.4, -0.2) is 47.4 Å². The minimum absolute atomic E-state index is 0.114. The van der Waals surface area contributed by atoms with Gasteiger partial charge in [0.05, 0.1) is 24.2 Å². The largest absolute Gasteiger partial charge is 0.481 e. The van der Waals surface area contributed by atoms with Crippen LogP contribution in [0, 0.1) is 5.41 Å². The monoisotopic (exact) mass is 645 g/mol. The van der Waals surface area contributed by atoms with Crippen molar-refractivity contribution in [1.29, 1.82) is 0 Å². The Bertz CT molecular complexity index is 1650. The Balaban J connectivity index is 1.36. The van der Waals surface area contributed by atoms with Crippen molar-refractivity contribution in [1.82, 2.24) is 4.98 Å². The Kier molecular flexibility index (Phi) is 11.0. The van der Waals surface area contributed by atoms with Crippen molar-refractivity contribution < 1.29 is 24.5 Å². The van der Waals surface area contributed by atoms with E-state index >= 15 is 0 Å². The number of hydrogen-bond acceptors (Lipinski definition) is 6. The number of carboxylic acid groups (broad SMARTS) is 1. The summed E-state index contributed by atoms with van der Waals surface area (Å²) in [5, 5.41) is 22.6. The van der Waals surface area contributed by atoms with Crippen LogP contribution in [0.5, 0.6) is 0 Å². The topological polar surface area (TPSA) is 88.9 Å². The van der Waals surface area contributed by atoms with Crippen molar-refractivity contribution >= 4 is 52.4 Å². The zero-order chi connectivity index (χ0) is 31.9. The van der Waals surface area contributed by atoms with Crippen LogP contribution in [0.2, 0.25) is 5.02 Å². The summed E-state index contributed by atoms with van der Waals surface area (Å²) < 4.78 is 10.5. The van der Waals surface area contributed by atoms with E-state index in [2.05, 4.69) is 36.4 Å². The minimum atomic E-state index is -1.16. The maximum absolute atomic E-state index is 11.6. The lowest BCUT2D eigenvalue weighted by molar-refractivity contribution is -0.138. The Morgan fingerprint density at radius 2 is 1.89 bits per heavy atom. The molecule has 2 atom stereocenters. The van der Waals surface area contributed by atoms with Gasteiger partial charge in [0, 0.05) is 28.5 Å². The fourth-order valence-corrected chi connectivity index (χ4v) is 7.42. The number of hydrogen-bond donors (Lipinski definition) is 2. The van der Waals surface area contributed by atoms with Crippen LogP contribution in [0.25, 0.3) is 23.1 Å². The minimum Gasteiger partial charge on any atom is -0.481 e. The van der Waals surface area contributed by atoms with Gasteiger partial charge in [-0.1, -0.05) is 78.3 Å². The van der Waals surface area contributed by atoms with Crippen molar-refractivity contribution in [2.75, 3.05) is 26.3 Å². The van der Waals surface area contributed by atoms with Crippen molar-refractivity contribution in [3.8, 4) is 0 Å². The standard InChI is InChI=1S/C37H40ClNO5S/c1-36(42,23-44-25-43-2)32-9-4-3-7-27(32)13-17-34(45-24-37(18-19-37)22-35(40)41)29-8-5-6-26(20-29)10-15-31-16-12-28-11-14-30(38)21-33(28)39-31/h3-12,14-16,20-21,34,42H,13,17-19,22-25H2,1-2H3,(H,40,41)/b15-10+/t34-,36-/m1/s1. The molecule has 2 N–H and O–H groups in total. The number of methoxy groups -OCH3 is 1. The summed E-state index contributed by atoms with van der Waals surface area (Å²) in [7, 11) is 1.56. The summed E-state index contributed by atoms with van der Waals surface area (Å²) in [5.74, 6) is 0.0749. The molecule has 4 aromatic rings. The zero-order valence-corrected chi connectivity index (χ0v) is 27.3. The maximum Gasteiger partial charge on any atom is 0.303 e. The van der Waals surface area contributed by atoms with E-state index in [0.29, 0.717) is 5.02 Å². The summed E-state index contributed by atoms with van der Waals surface area (Å²) in [5.41, 5.74) is 4.60. The van der Waals surface area contributed by atoms with Crippen molar-refractivity contribution in [2.45, 2.75) is 49.9 Å². The van der Waals surface area contributed by atoms with Crippen molar-refractivity contribution in [3.63, 3.8) is 0 Å². The van der Waals surface area contributed by atoms with E-state index in [1.807, 2.05) is 66.4 Å². The van der Waals surface area contributed by atoms with Gasteiger partial charge in [0.1, 0.15) is 12.4 Å². The second-order valence-corrected chi connectivity index (χ2v) is 13.8. The van der Waals surface area contributed by atoms with Gasteiger partial charge in [-0.05, 0) is 84.6 Å². The molecule has 236 valence electrons. The van der Waals surface area contributed by atoms with E-state index in [1.165, 1.54) is 5.56 Å². The predicted octanol–water partition coefficient (Wildman–Crippen LogP) is 8.55. The number of carbonyl (C=O) groups is 1. The van der Waals surface area contributed by atoms with E-state index in [-0.39, 0.29) is 30.5 Å². The number of aryl methyl sites for hydroxylation is 1. The molecule has 8 heteroatoms. The molecular weight excluding hydrogens is 606 g/mol. The van der Waals surface area contributed by atoms with Crippen LogP contribution >= 0.6 is 23.4 Å². The lowest BCUT2D eigenvalue weighted by Crippen LogP contribution is -2.29. The highest BCUT2D eigenvalue weighted by atomic mass is 35.5. The van der Waals surface area contributed by atoms with Crippen LogP contribution in [0.4, 0.5) is 0 Å². The number of aromatic nitrogens is 1. The number of ether oxygens (including phenoxy) is 2. The van der Waals surface area contributed by atoms with E-state index in [9.17, 15) is 15.0 Å². The predicted molar refractivity (Wildman–Crippen MR) is 183 cm³/mol. The number of carboxylic acids is 1. The zero-order valence-electron chi connectivity index (χ0n) is 25.7. The Hall–Kier alpha value is -3.20. The van der Waals surface area contributed by atoms with Crippen LogP contribution in [-0.2, 0) is 26.3 Å². The first-order chi connectivity index (χ1) is 21.7. The lowest BCUT2D eigenvalue weighted by Gasteiger charge is -2.27. The average molecular weight is 646 g/mol. The van der Waals surface area contributed by atoms with Gasteiger partial charge in [0.25, 0.3) is 0 Å². The second-order valence-electron chi connectivity index (χ2n) is 12.2. The molecule has 1 heterocycles. The Morgan fingerprint density at radius 3 is 2.67 bits per heavy atom. The van der Waals surface area contributed by atoms with Gasteiger partial charge in [0.2, 0.25) is 0 Å². The van der Waals surface area contributed by atoms with Crippen molar-refractivity contribution in [3.05, 3.63) is 112 Å². The maximum atomic E-state index is 11.6. The van der Waals surface area contributed by atoms with E-state index in [1.54, 1.807) is 14.0 Å². The fraction of sp³-hybridized carbons (Fsp3) is 0.351. The molecular formula is C37H40ClNO5S. The summed E-state index contributed by atoms with van der Waals surface area (Å²) in [6.45, 7) is 2.01. The smallest absolute Gasteiger partial charge is 0.303 e. The quantitative estimate of drug-likeness (QED) is 0.0932. The molecule has 1 aromatic heterocycles. The summed E-state index contributed by atoms with van der Waals surface area (Å²) in [6, 6.07) is 26.2. The third-order valence-corrected chi connectivity index (χ3v) is 10.3. The number of nitrogens with zero attached hydrogens (tertiary/aromatic N) is 1. The summed E-state index contributed by atoms with van der Waals surface area (Å²) >= 11 is 8.03. The number of pyridine rings is 1. The second kappa shape index (κ2) is 14.9. The molecule has 0 bridgehead atoms. The molecule has 6 nitrogen and oxygen atoms in total. The number of halogens is 1. The molecule has 0 unspecified atom stereocenters. The van der Waals surface area contributed by atoms with E-state index < -0.39 is 11.6 Å². The van der Waals surface area contributed by atoms with Crippen LogP contribution in [0.15, 0.2) is 78.9 Å². The van der Waals surface area contributed by atoms with Crippen LogP contribution in [0.1, 0.15) is 65.8 Å². The molecule has 0 amide bonds. The highest BCUT2D eigenvalue weighted by Crippen LogP contribution is 2.53. The Labute approximate surface area is 274 Å².